The molecule has 0 aliphatic rings. The molecule has 110 valence electrons. The van der Waals surface area contributed by atoms with E-state index in [9.17, 15) is 4.79 Å². The molecule has 0 fully saturated rings. The highest BCUT2D eigenvalue weighted by atomic mass is 35.5. The first-order chi connectivity index (χ1) is 10.5. The predicted octanol–water partition coefficient (Wildman–Crippen LogP) is 4.47. The number of anilines is 1. The summed E-state index contributed by atoms with van der Waals surface area (Å²) in [6.07, 6.45) is 0. The lowest BCUT2D eigenvalue weighted by Gasteiger charge is -2.07. The molecule has 0 saturated carbocycles. The molecule has 0 radical (unpaired) electrons. The van der Waals surface area contributed by atoms with E-state index in [-0.39, 0.29) is 11.1 Å². The number of hydrogen-bond acceptors (Lipinski definition) is 3. The van der Waals surface area contributed by atoms with Crippen molar-refractivity contribution in [2.45, 2.75) is 0 Å². The average molecular weight is 333 g/mol. The third kappa shape index (κ3) is 2.84. The van der Waals surface area contributed by atoms with Crippen LogP contribution in [0.5, 0.6) is 0 Å². The first-order valence-corrected chi connectivity index (χ1v) is 7.14. The Bertz CT molecular complexity index is 935. The summed E-state index contributed by atoms with van der Waals surface area (Å²) in [7, 11) is 0. The maximum Gasteiger partial charge on any atom is 0.261 e. The van der Waals surface area contributed by atoms with Crippen molar-refractivity contribution in [2.75, 3.05) is 5.32 Å². The maximum absolute atomic E-state index is 12.3. The SMILES string of the molecule is N=c1oc2ccccc2cc1C(=O)Nc1ccc(Cl)c(Cl)c1. The van der Waals surface area contributed by atoms with Gasteiger partial charge in [0.05, 0.1) is 10.0 Å². The van der Waals surface area contributed by atoms with E-state index < -0.39 is 5.91 Å². The summed E-state index contributed by atoms with van der Waals surface area (Å²) in [4.78, 5) is 12.3. The number of halogens is 2. The third-order valence-electron chi connectivity index (χ3n) is 3.10. The molecule has 0 atom stereocenters. The Morgan fingerprint density at radius 3 is 2.59 bits per heavy atom. The van der Waals surface area contributed by atoms with Gasteiger partial charge in [0.15, 0.2) is 0 Å². The minimum absolute atomic E-state index is 0.143. The lowest BCUT2D eigenvalue weighted by atomic mass is 10.1. The van der Waals surface area contributed by atoms with Crippen LogP contribution in [-0.2, 0) is 0 Å². The number of amides is 1. The molecule has 1 heterocycles. The van der Waals surface area contributed by atoms with Crippen molar-refractivity contribution in [3.05, 3.63) is 69.7 Å². The van der Waals surface area contributed by atoms with Crippen molar-refractivity contribution in [2.24, 2.45) is 0 Å². The van der Waals surface area contributed by atoms with Gasteiger partial charge in [0.25, 0.3) is 5.91 Å². The number of hydrogen-bond donors (Lipinski definition) is 2. The van der Waals surface area contributed by atoms with Gasteiger partial charge in [-0.3, -0.25) is 10.2 Å². The zero-order chi connectivity index (χ0) is 15.7. The second-order valence-corrected chi connectivity index (χ2v) is 5.42. The molecule has 0 unspecified atom stereocenters. The van der Waals surface area contributed by atoms with Crippen LogP contribution in [0.25, 0.3) is 11.0 Å². The Morgan fingerprint density at radius 2 is 1.82 bits per heavy atom. The zero-order valence-corrected chi connectivity index (χ0v) is 12.7. The van der Waals surface area contributed by atoms with E-state index in [1.165, 1.54) is 0 Å². The summed E-state index contributed by atoms with van der Waals surface area (Å²) in [5, 5.41) is 12.0. The van der Waals surface area contributed by atoms with Gasteiger partial charge in [-0.15, -0.1) is 0 Å². The fourth-order valence-corrected chi connectivity index (χ4v) is 2.32. The first kappa shape index (κ1) is 14.6. The fraction of sp³-hybridized carbons (Fsp3) is 0. The zero-order valence-electron chi connectivity index (χ0n) is 11.2. The van der Waals surface area contributed by atoms with Crippen LogP contribution in [0.2, 0.25) is 10.0 Å². The predicted molar refractivity (Wildman–Crippen MR) is 86.5 cm³/mol. The second kappa shape index (κ2) is 5.83. The van der Waals surface area contributed by atoms with Crippen LogP contribution >= 0.6 is 23.2 Å². The number of carbonyl (C=O) groups excluding carboxylic acids is 1. The van der Waals surface area contributed by atoms with Gasteiger partial charge >= 0.3 is 0 Å². The maximum atomic E-state index is 12.3. The van der Waals surface area contributed by atoms with E-state index in [1.54, 1.807) is 36.4 Å². The summed E-state index contributed by atoms with van der Waals surface area (Å²) in [5.41, 5.74) is 0.992. The number of fused-ring (bicyclic) bond motifs is 1. The third-order valence-corrected chi connectivity index (χ3v) is 3.84. The Morgan fingerprint density at radius 1 is 1.05 bits per heavy atom. The number of para-hydroxylation sites is 1. The van der Waals surface area contributed by atoms with Crippen LogP contribution in [0.1, 0.15) is 10.4 Å². The molecule has 4 nitrogen and oxygen atoms in total. The quantitative estimate of drug-likeness (QED) is 0.726. The van der Waals surface area contributed by atoms with Crippen molar-refractivity contribution in [3.8, 4) is 0 Å². The van der Waals surface area contributed by atoms with E-state index in [0.717, 1.165) is 5.39 Å². The molecule has 0 saturated heterocycles. The normalized spacial score (nSPS) is 10.6. The summed E-state index contributed by atoms with van der Waals surface area (Å²) in [6.45, 7) is 0. The Hall–Kier alpha value is -2.30. The number of rotatable bonds is 2. The van der Waals surface area contributed by atoms with Gasteiger partial charge in [-0.1, -0.05) is 41.4 Å². The molecule has 3 rings (SSSR count). The van der Waals surface area contributed by atoms with Gasteiger partial charge in [0.1, 0.15) is 11.1 Å². The summed E-state index contributed by atoms with van der Waals surface area (Å²) < 4.78 is 5.35. The average Bonchev–Trinajstić information content (AvgIpc) is 2.50. The van der Waals surface area contributed by atoms with Gasteiger partial charge < -0.3 is 9.73 Å². The minimum atomic E-state index is -0.446. The molecule has 3 aromatic rings. The molecular weight excluding hydrogens is 323 g/mol. The molecule has 2 aromatic carbocycles. The van der Waals surface area contributed by atoms with Crippen LogP contribution in [0, 0.1) is 5.41 Å². The van der Waals surface area contributed by atoms with Gasteiger partial charge in [0, 0.05) is 11.1 Å². The Balaban J connectivity index is 1.96. The number of nitrogens with one attached hydrogen (secondary N) is 2. The molecule has 0 aliphatic carbocycles. The van der Waals surface area contributed by atoms with E-state index in [0.29, 0.717) is 21.3 Å². The molecule has 22 heavy (non-hydrogen) atoms. The number of carbonyl (C=O) groups is 1. The van der Waals surface area contributed by atoms with Crippen LogP contribution < -0.4 is 10.9 Å². The van der Waals surface area contributed by atoms with Crippen LogP contribution in [0.3, 0.4) is 0 Å². The smallest absolute Gasteiger partial charge is 0.261 e. The molecule has 6 heteroatoms. The van der Waals surface area contributed by atoms with E-state index in [4.69, 9.17) is 33.0 Å². The van der Waals surface area contributed by atoms with Crippen molar-refractivity contribution in [3.63, 3.8) is 0 Å². The first-order valence-electron chi connectivity index (χ1n) is 6.38. The monoisotopic (exact) mass is 332 g/mol. The van der Waals surface area contributed by atoms with Crippen LogP contribution in [-0.4, -0.2) is 5.91 Å². The van der Waals surface area contributed by atoms with Crippen molar-refractivity contribution in [1.82, 2.24) is 0 Å². The van der Waals surface area contributed by atoms with Crippen LogP contribution in [0.4, 0.5) is 5.69 Å². The van der Waals surface area contributed by atoms with Crippen molar-refractivity contribution < 1.29 is 9.21 Å². The molecule has 0 aliphatic heterocycles. The Kier molecular flexibility index (Phi) is 3.88. The van der Waals surface area contributed by atoms with E-state index in [1.807, 2.05) is 12.1 Å². The Labute approximate surface area is 135 Å². The van der Waals surface area contributed by atoms with Crippen molar-refractivity contribution >= 4 is 45.8 Å². The summed E-state index contributed by atoms with van der Waals surface area (Å²) >= 11 is 11.7. The fourth-order valence-electron chi connectivity index (χ4n) is 2.02. The molecule has 1 aromatic heterocycles. The van der Waals surface area contributed by atoms with E-state index >= 15 is 0 Å². The highest BCUT2D eigenvalue weighted by Crippen LogP contribution is 2.25. The number of benzene rings is 2. The molecular formula is C16H10Cl2N2O2. The summed E-state index contributed by atoms with van der Waals surface area (Å²) in [6, 6.07) is 13.6. The van der Waals surface area contributed by atoms with Gasteiger partial charge in [-0.25, -0.2) is 0 Å². The van der Waals surface area contributed by atoms with E-state index in [2.05, 4.69) is 5.32 Å². The summed E-state index contributed by atoms with van der Waals surface area (Å²) in [5.74, 6) is -0.446. The highest BCUT2D eigenvalue weighted by molar-refractivity contribution is 6.42. The molecule has 0 bridgehead atoms. The lowest BCUT2D eigenvalue weighted by Crippen LogP contribution is -2.20. The molecule has 2 N–H and O–H groups in total. The topological polar surface area (TPSA) is 66.1 Å². The molecule has 1 amide bonds. The lowest BCUT2D eigenvalue weighted by molar-refractivity contribution is 0.102. The van der Waals surface area contributed by atoms with Gasteiger partial charge in [-0.2, -0.15) is 0 Å². The van der Waals surface area contributed by atoms with Crippen LogP contribution in [0.15, 0.2) is 52.9 Å². The standard InChI is InChI=1S/C16H10Cl2N2O2/c17-12-6-5-10(8-13(12)18)20-16(21)11-7-9-3-1-2-4-14(9)22-15(11)19/h1-8,19H,(H,20,21). The highest BCUT2D eigenvalue weighted by Gasteiger charge is 2.12. The second-order valence-electron chi connectivity index (χ2n) is 4.61. The largest absolute Gasteiger partial charge is 0.438 e. The van der Waals surface area contributed by atoms with Gasteiger partial charge in [-0.05, 0) is 30.3 Å². The molecule has 0 spiro atoms. The van der Waals surface area contributed by atoms with Crippen molar-refractivity contribution in [1.29, 1.82) is 5.41 Å². The van der Waals surface area contributed by atoms with Gasteiger partial charge in [0.2, 0.25) is 5.55 Å². The minimum Gasteiger partial charge on any atom is -0.438 e.